The van der Waals surface area contributed by atoms with Crippen LogP contribution in [0.5, 0.6) is 0 Å². The number of anilines is 2. The van der Waals surface area contributed by atoms with E-state index >= 15 is 0 Å². The van der Waals surface area contributed by atoms with Crippen LogP contribution in [0.15, 0.2) is 30.6 Å². The molecule has 1 N–H and O–H groups in total. The fraction of sp³-hybridized carbons (Fsp3) is 0.250. The molecule has 0 unspecified atom stereocenters. The predicted octanol–water partition coefficient (Wildman–Crippen LogP) is 2.22. The van der Waals surface area contributed by atoms with Gasteiger partial charge in [0.15, 0.2) is 0 Å². The molecule has 0 spiro atoms. The molecule has 0 radical (unpaired) electrons. The fourth-order valence-corrected chi connectivity index (χ4v) is 2.69. The van der Waals surface area contributed by atoms with Crippen molar-refractivity contribution in [1.82, 2.24) is 9.97 Å². The molecule has 0 saturated carbocycles. The largest absolute Gasteiger partial charge is 0.316 e. The molecule has 2 heterocycles. The summed E-state index contributed by atoms with van der Waals surface area (Å²) >= 11 is 5.95. The zero-order valence-electron chi connectivity index (χ0n) is 12.5. The first-order valence-electron chi connectivity index (χ1n) is 7.30. The summed E-state index contributed by atoms with van der Waals surface area (Å²) in [6.07, 6.45) is 4.38. The van der Waals surface area contributed by atoms with E-state index in [1.165, 1.54) is 17.3 Å². The lowest BCUT2D eigenvalue weighted by Gasteiger charge is -2.16. The van der Waals surface area contributed by atoms with Crippen LogP contribution in [0.1, 0.15) is 18.3 Å². The Morgan fingerprint density at radius 3 is 2.74 bits per heavy atom. The van der Waals surface area contributed by atoms with Gasteiger partial charge in [-0.15, -0.1) is 0 Å². The van der Waals surface area contributed by atoms with E-state index in [1.54, 1.807) is 12.1 Å². The molecule has 1 aliphatic rings. The quantitative estimate of drug-likeness (QED) is 0.857. The molecule has 2 aromatic rings. The Balaban J connectivity index is 1.72. The van der Waals surface area contributed by atoms with Crippen molar-refractivity contribution in [3.63, 3.8) is 0 Å². The topological polar surface area (TPSA) is 75.2 Å². The van der Waals surface area contributed by atoms with Gasteiger partial charge in [0.25, 0.3) is 0 Å². The van der Waals surface area contributed by atoms with Gasteiger partial charge in [0.2, 0.25) is 0 Å². The molecule has 0 aliphatic carbocycles. The third-order valence-electron chi connectivity index (χ3n) is 3.66. The summed E-state index contributed by atoms with van der Waals surface area (Å²) in [5.74, 6) is -0.633. The number of hydrogen-bond donors (Lipinski definition) is 1. The van der Waals surface area contributed by atoms with E-state index < -0.39 is 11.8 Å². The number of rotatable bonds is 2. The highest BCUT2D eigenvalue weighted by molar-refractivity contribution is 6.44. The van der Waals surface area contributed by atoms with Crippen LogP contribution >= 0.6 is 11.6 Å². The second-order valence-corrected chi connectivity index (χ2v) is 5.61. The monoisotopic (exact) mass is 330 g/mol. The van der Waals surface area contributed by atoms with E-state index in [-0.39, 0.29) is 0 Å². The van der Waals surface area contributed by atoms with Crippen LogP contribution in [-0.2, 0) is 22.4 Å². The molecule has 118 valence electrons. The van der Waals surface area contributed by atoms with Gasteiger partial charge in [0.05, 0.1) is 18.1 Å². The van der Waals surface area contributed by atoms with Crippen molar-refractivity contribution >= 4 is 34.8 Å². The zero-order valence-corrected chi connectivity index (χ0v) is 13.3. The minimum atomic E-state index is -0.708. The molecule has 0 fully saturated rings. The van der Waals surface area contributed by atoms with Gasteiger partial charge < -0.3 is 10.2 Å². The van der Waals surface area contributed by atoms with Crippen LogP contribution in [0.4, 0.5) is 11.4 Å². The maximum Gasteiger partial charge on any atom is 0.316 e. The molecule has 23 heavy (non-hydrogen) atoms. The number of halogens is 1. The average molecular weight is 331 g/mol. The number of fused-ring (bicyclic) bond motifs is 1. The molecule has 0 bridgehead atoms. The van der Waals surface area contributed by atoms with Crippen molar-refractivity contribution in [2.75, 3.05) is 16.8 Å². The lowest BCUT2D eigenvalue weighted by molar-refractivity contribution is -0.134. The lowest BCUT2D eigenvalue weighted by Crippen LogP contribution is -2.38. The maximum atomic E-state index is 12.4. The molecule has 0 saturated heterocycles. The lowest BCUT2D eigenvalue weighted by atomic mass is 10.2. The van der Waals surface area contributed by atoms with Gasteiger partial charge in [0, 0.05) is 23.7 Å². The van der Waals surface area contributed by atoms with Crippen molar-refractivity contribution in [2.45, 2.75) is 19.8 Å². The summed E-state index contributed by atoms with van der Waals surface area (Å²) in [5.41, 5.74) is 2.09. The number of carbonyl (C=O) groups excluding carboxylic acids is 2. The van der Waals surface area contributed by atoms with Crippen molar-refractivity contribution in [3.05, 3.63) is 47.0 Å². The number of aromatic nitrogens is 2. The van der Waals surface area contributed by atoms with E-state index in [0.29, 0.717) is 35.9 Å². The standard InChI is InChI=1S/C16H15ClN4O2/c1-2-14-18-8-12(9-19-14)20-15(22)16(23)21-6-5-10-7-11(17)3-4-13(10)21/h3-4,7-9H,2,5-6H2,1H3,(H,20,22). The van der Waals surface area contributed by atoms with Crippen LogP contribution in [0, 0.1) is 0 Å². The number of nitrogens with one attached hydrogen (secondary N) is 1. The first-order valence-corrected chi connectivity index (χ1v) is 7.68. The third-order valence-corrected chi connectivity index (χ3v) is 3.89. The summed E-state index contributed by atoms with van der Waals surface area (Å²) in [4.78, 5) is 34.1. The summed E-state index contributed by atoms with van der Waals surface area (Å²) in [5, 5.41) is 3.15. The van der Waals surface area contributed by atoms with E-state index in [4.69, 9.17) is 11.6 Å². The van der Waals surface area contributed by atoms with Gasteiger partial charge in [0.1, 0.15) is 5.82 Å². The highest BCUT2D eigenvalue weighted by Crippen LogP contribution is 2.30. The highest BCUT2D eigenvalue weighted by atomic mass is 35.5. The van der Waals surface area contributed by atoms with Gasteiger partial charge >= 0.3 is 11.8 Å². The second-order valence-electron chi connectivity index (χ2n) is 5.18. The van der Waals surface area contributed by atoms with Gasteiger partial charge in [-0.3, -0.25) is 9.59 Å². The van der Waals surface area contributed by atoms with Gasteiger partial charge in [-0.1, -0.05) is 18.5 Å². The number of aryl methyl sites for hydroxylation is 1. The van der Waals surface area contributed by atoms with Crippen LogP contribution in [0.25, 0.3) is 0 Å². The molecule has 1 aromatic heterocycles. The Morgan fingerprint density at radius 1 is 1.30 bits per heavy atom. The Labute approximate surface area is 138 Å². The summed E-state index contributed by atoms with van der Waals surface area (Å²) in [6.45, 7) is 2.40. The van der Waals surface area contributed by atoms with Crippen molar-refractivity contribution in [2.24, 2.45) is 0 Å². The van der Waals surface area contributed by atoms with Crippen LogP contribution in [0.3, 0.4) is 0 Å². The minimum Gasteiger partial charge on any atom is -0.315 e. The predicted molar refractivity (Wildman–Crippen MR) is 87.5 cm³/mol. The summed E-state index contributed by atoms with van der Waals surface area (Å²) in [6, 6.07) is 5.29. The van der Waals surface area contributed by atoms with Gasteiger partial charge in [-0.2, -0.15) is 0 Å². The summed E-state index contributed by atoms with van der Waals surface area (Å²) < 4.78 is 0. The Kier molecular flexibility index (Phi) is 4.25. The normalized spacial score (nSPS) is 12.9. The molecule has 3 rings (SSSR count). The second kappa shape index (κ2) is 6.34. The molecule has 1 aromatic carbocycles. The Hall–Kier alpha value is -2.47. The number of nitrogens with zero attached hydrogens (tertiary/aromatic N) is 3. The van der Waals surface area contributed by atoms with Crippen molar-refractivity contribution < 1.29 is 9.59 Å². The molecular weight excluding hydrogens is 316 g/mol. The Morgan fingerprint density at radius 2 is 2.04 bits per heavy atom. The average Bonchev–Trinajstić information content (AvgIpc) is 2.97. The van der Waals surface area contributed by atoms with Crippen LogP contribution < -0.4 is 10.2 Å². The van der Waals surface area contributed by atoms with Crippen LogP contribution in [-0.4, -0.2) is 28.3 Å². The number of amides is 2. The van der Waals surface area contributed by atoms with Crippen molar-refractivity contribution in [1.29, 1.82) is 0 Å². The maximum absolute atomic E-state index is 12.4. The number of hydrogen-bond acceptors (Lipinski definition) is 4. The molecule has 1 aliphatic heterocycles. The first kappa shape index (κ1) is 15.4. The molecule has 7 heteroatoms. The van der Waals surface area contributed by atoms with E-state index in [0.717, 1.165) is 11.3 Å². The SMILES string of the molecule is CCc1ncc(NC(=O)C(=O)N2CCc3cc(Cl)ccc32)cn1. The minimum absolute atomic E-state index is 0.399. The van der Waals surface area contributed by atoms with Gasteiger partial charge in [-0.25, -0.2) is 9.97 Å². The van der Waals surface area contributed by atoms with Crippen molar-refractivity contribution in [3.8, 4) is 0 Å². The van der Waals surface area contributed by atoms with E-state index in [9.17, 15) is 9.59 Å². The number of carbonyl (C=O) groups is 2. The molecular formula is C16H15ClN4O2. The van der Waals surface area contributed by atoms with Gasteiger partial charge in [-0.05, 0) is 30.2 Å². The smallest absolute Gasteiger partial charge is 0.315 e. The fourth-order valence-electron chi connectivity index (χ4n) is 2.49. The third kappa shape index (κ3) is 3.17. The molecule has 2 amide bonds. The van der Waals surface area contributed by atoms with E-state index in [1.807, 2.05) is 13.0 Å². The first-order chi connectivity index (χ1) is 11.1. The highest BCUT2D eigenvalue weighted by Gasteiger charge is 2.29. The molecule has 6 nitrogen and oxygen atoms in total. The zero-order chi connectivity index (χ0) is 16.4. The van der Waals surface area contributed by atoms with E-state index in [2.05, 4.69) is 15.3 Å². The molecule has 0 atom stereocenters. The summed E-state index contributed by atoms with van der Waals surface area (Å²) in [7, 11) is 0. The van der Waals surface area contributed by atoms with Crippen LogP contribution in [0.2, 0.25) is 5.02 Å². The Bertz CT molecular complexity index is 761. The number of benzene rings is 1.